The van der Waals surface area contributed by atoms with Crippen LogP contribution in [0.25, 0.3) is 0 Å². The number of rotatable bonds is 63. The van der Waals surface area contributed by atoms with Gasteiger partial charge in [0.05, 0.1) is 12.8 Å². The van der Waals surface area contributed by atoms with E-state index in [0.29, 0.717) is 25.9 Å². The zero-order valence-electron chi connectivity index (χ0n) is 58.9. The van der Waals surface area contributed by atoms with Crippen LogP contribution in [0.4, 0.5) is 0 Å². The van der Waals surface area contributed by atoms with E-state index in [1.54, 1.807) is 0 Å². The van der Waals surface area contributed by atoms with E-state index in [1.807, 2.05) is 0 Å². The molecular weight excluding hydrogens is 1100 g/mol. The lowest BCUT2D eigenvalue weighted by Gasteiger charge is -2.25. The molecule has 0 bridgehead atoms. The molecule has 0 aliphatic carbocycles. The van der Waals surface area contributed by atoms with Crippen molar-refractivity contribution in [2.24, 2.45) is 0 Å². The Morgan fingerprint density at radius 1 is 0.267 bits per heavy atom. The molecule has 0 aromatic carbocycles. The summed E-state index contributed by atoms with van der Waals surface area (Å²) >= 11 is 0. The molecule has 0 N–H and O–H groups in total. The maximum atomic E-state index is 13.7. The van der Waals surface area contributed by atoms with Gasteiger partial charge < -0.3 is 19.3 Å². The molecule has 0 atom stereocenters. The van der Waals surface area contributed by atoms with Gasteiger partial charge in [-0.1, -0.05) is 248 Å². The number of allylic oxidation sites excluding steroid dienone is 32. The predicted octanol–water partition coefficient (Wildman–Crippen LogP) is 24.5. The number of likely N-dealkylation sites (N-methyl/N-ethyl adjacent to an activating group) is 1. The molecule has 90 heavy (non-hydrogen) atoms. The summed E-state index contributed by atoms with van der Waals surface area (Å²) < 4.78 is 12.6. The lowest BCUT2D eigenvalue weighted by Crippen LogP contribution is -2.36. The smallest absolute Gasteiger partial charge is 0.307 e. The summed E-state index contributed by atoms with van der Waals surface area (Å²) in [5.74, 6) is -0.248. The highest BCUT2D eigenvalue weighted by atomic mass is 16.5. The Bertz CT molecular complexity index is 1840. The molecule has 0 spiro atoms. The van der Waals surface area contributed by atoms with E-state index >= 15 is 0 Å². The number of unbranched alkanes of at least 4 members (excludes halogenated alkanes) is 12. The fourth-order valence-electron chi connectivity index (χ4n) is 9.82. The minimum absolute atomic E-state index is 0.0612. The van der Waals surface area contributed by atoms with Gasteiger partial charge in [-0.15, -0.1) is 0 Å². The summed E-state index contributed by atoms with van der Waals surface area (Å²) in [5.41, 5.74) is 0. The highest BCUT2D eigenvalue weighted by Gasteiger charge is 2.19. The average molecular weight is 1240 g/mol. The third-order valence-electron chi connectivity index (χ3n) is 15.2. The van der Waals surface area contributed by atoms with Crippen LogP contribution >= 0.6 is 0 Å². The largest absolute Gasteiger partial charge is 0.462 e. The third kappa shape index (κ3) is 68.6. The summed E-state index contributed by atoms with van der Waals surface area (Å²) in [4.78, 5) is 31.8. The predicted molar refractivity (Wildman–Crippen MR) is 399 cm³/mol. The van der Waals surface area contributed by atoms with Crippen LogP contribution in [0.15, 0.2) is 194 Å². The lowest BCUT2D eigenvalue weighted by molar-refractivity contribution is -0.150. The van der Waals surface area contributed by atoms with E-state index in [0.717, 1.165) is 244 Å². The van der Waals surface area contributed by atoms with Crippen LogP contribution in [-0.2, 0) is 19.1 Å². The molecule has 0 heterocycles. The van der Waals surface area contributed by atoms with Crippen molar-refractivity contribution >= 4 is 11.9 Å². The first-order chi connectivity index (χ1) is 44.4. The summed E-state index contributed by atoms with van der Waals surface area (Å²) in [6, 6.07) is 0. The molecule has 0 rings (SSSR count). The second kappa shape index (κ2) is 72.8. The van der Waals surface area contributed by atoms with E-state index in [1.165, 1.54) is 0 Å². The van der Waals surface area contributed by atoms with Crippen LogP contribution in [0.1, 0.15) is 272 Å². The van der Waals surface area contributed by atoms with Gasteiger partial charge in [0.15, 0.2) is 0 Å². The Kier molecular flexibility index (Phi) is 68.5. The number of hydrogen-bond donors (Lipinski definition) is 0. The van der Waals surface area contributed by atoms with E-state index in [9.17, 15) is 9.59 Å². The molecule has 0 aliphatic rings. The first-order valence-electron chi connectivity index (χ1n) is 36.5. The Balaban J connectivity index is 5.49. The molecule has 0 saturated heterocycles. The number of esters is 2. The maximum absolute atomic E-state index is 13.7. The van der Waals surface area contributed by atoms with Crippen LogP contribution in [0.2, 0.25) is 0 Å². The fourth-order valence-corrected chi connectivity index (χ4v) is 9.82. The van der Waals surface area contributed by atoms with Gasteiger partial charge in [-0.25, -0.2) is 0 Å². The molecule has 506 valence electrons. The molecule has 0 unspecified atom stereocenters. The zero-order chi connectivity index (χ0) is 65.2. The Morgan fingerprint density at radius 2 is 0.478 bits per heavy atom. The minimum Gasteiger partial charge on any atom is -0.462 e. The molecule has 0 aliphatic heterocycles. The van der Waals surface area contributed by atoms with Gasteiger partial charge >= 0.3 is 11.9 Å². The number of ether oxygens (including phenoxy) is 2. The topological polar surface area (TPSA) is 59.1 Å². The molecule has 0 saturated carbocycles. The van der Waals surface area contributed by atoms with Gasteiger partial charge in [0.25, 0.3) is 0 Å². The summed E-state index contributed by atoms with van der Waals surface area (Å²) in [6.07, 6.45) is 110. The standard InChI is InChI=1S/C84H136N2O4/c1-7-11-15-19-23-27-31-35-39-43-47-51-55-59-63-67-71-81(72-68-64-60-56-52-48-44-40-36-32-28-24-20-16-12-8-2)89-83(87)75-77-86(80-79-85(5)6)78-76-84(88)90-82(73-69-65-61-57-53-49-45-41-37-33-29-25-21-17-13-9-3)74-70-66-62-58-54-50-46-42-38-34-30-26-22-18-14-10-4/h11-18,23-30,35-42,47-54,81-82H,7-10,19-22,31-34,43-46,55-80H2,1-6H3/b15-11-,16-12-,17-13-,18-14-,27-23-,28-24-,29-25-,30-26-,39-35-,40-36-,41-37-,42-38-,51-47-,52-48-,53-49-,54-50-. The SMILES string of the molecule is CC/C=C\C/C=C\C/C=C\C/C=C\CCCCCC(CCCCC/C=C\C/C=C\C/C=C\C/C=C\CC)OC(=O)CCN(CCC(=O)OC(CCCCC/C=C\C/C=C\C/C=C\C/C=C\CC)CCCCC/C=C\C/C=C\C/C=C\C/C=C\CC)CCN(C)C. The van der Waals surface area contributed by atoms with Crippen LogP contribution < -0.4 is 0 Å². The lowest BCUT2D eigenvalue weighted by atomic mass is 10.0. The molecule has 6 nitrogen and oxygen atoms in total. The zero-order valence-corrected chi connectivity index (χ0v) is 58.9. The molecule has 0 radical (unpaired) electrons. The third-order valence-corrected chi connectivity index (χ3v) is 15.2. The normalized spacial score (nSPS) is 13.3. The highest BCUT2D eigenvalue weighted by molar-refractivity contribution is 5.70. The second-order valence-electron chi connectivity index (χ2n) is 23.9. The van der Waals surface area contributed by atoms with Crippen molar-refractivity contribution in [2.45, 2.75) is 284 Å². The first-order valence-corrected chi connectivity index (χ1v) is 36.5. The average Bonchev–Trinajstić information content (AvgIpc) is 3.67. The Hall–Kier alpha value is -5.30. The molecular formula is C84H136N2O4. The van der Waals surface area contributed by atoms with Gasteiger partial charge in [-0.3, -0.25) is 9.59 Å². The van der Waals surface area contributed by atoms with Crippen LogP contribution in [0.5, 0.6) is 0 Å². The van der Waals surface area contributed by atoms with E-state index < -0.39 is 0 Å². The fraction of sp³-hybridized carbons (Fsp3) is 0.595. The Labute approximate surface area is 556 Å². The maximum Gasteiger partial charge on any atom is 0.307 e. The van der Waals surface area contributed by atoms with Gasteiger partial charge in [-0.05, 0) is 220 Å². The summed E-state index contributed by atoms with van der Waals surface area (Å²) in [7, 11) is 4.15. The molecule has 0 aromatic heterocycles. The van der Waals surface area contributed by atoms with Crippen LogP contribution in [0.3, 0.4) is 0 Å². The molecule has 0 fully saturated rings. The Morgan fingerprint density at radius 3 is 0.689 bits per heavy atom. The van der Waals surface area contributed by atoms with Crippen molar-refractivity contribution in [3.8, 4) is 0 Å². The second-order valence-corrected chi connectivity index (χ2v) is 23.9. The van der Waals surface area contributed by atoms with Crippen molar-refractivity contribution in [1.82, 2.24) is 9.80 Å². The van der Waals surface area contributed by atoms with Crippen LogP contribution in [0, 0.1) is 0 Å². The van der Waals surface area contributed by atoms with Gasteiger partial charge in [-0.2, -0.15) is 0 Å². The number of carbonyl (C=O) groups excluding carboxylic acids is 2. The minimum atomic E-state index is -0.124. The van der Waals surface area contributed by atoms with Gasteiger partial charge in [0, 0.05) is 26.2 Å². The number of hydrogen-bond acceptors (Lipinski definition) is 6. The van der Waals surface area contributed by atoms with Crippen molar-refractivity contribution in [3.63, 3.8) is 0 Å². The first kappa shape index (κ1) is 84.7. The summed E-state index contributed by atoms with van der Waals surface area (Å²) in [6.45, 7) is 11.4. The molecule has 6 heteroatoms. The van der Waals surface area contributed by atoms with Crippen molar-refractivity contribution < 1.29 is 19.1 Å². The molecule has 0 aromatic rings. The van der Waals surface area contributed by atoms with E-state index in [-0.39, 0.29) is 24.1 Å². The van der Waals surface area contributed by atoms with Crippen LogP contribution in [-0.4, -0.2) is 74.2 Å². The van der Waals surface area contributed by atoms with E-state index in [2.05, 4.69) is 246 Å². The van der Waals surface area contributed by atoms with Gasteiger partial charge in [0.1, 0.15) is 12.2 Å². The quantitative estimate of drug-likeness (QED) is 0.0344. The van der Waals surface area contributed by atoms with Crippen molar-refractivity contribution in [2.75, 3.05) is 40.3 Å². The highest BCUT2D eigenvalue weighted by Crippen LogP contribution is 2.19. The van der Waals surface area contributed by atoms with Crippen molar-refractivity contribution in [3.05, 3.63) is 194 Å². The van der Waals surface area contributed by atoms with Crippen molar-refractivity contribution in [1.29, 1.82) is 0 Å². The summed E-state index contributed by atoms with van der Waals surface area (Å²) in [5, 5.41) is 0. The monoisotopic (exact) mass is 1240 g/mol. The molecule has 0 amide bonds. The van der Waals surface area contributed by atoms with Gasteiger partial charge in [0.2, 0.25) is 0 Å². The van der Waals surface area contributed by atoms with E-state index in [4.69, 9.17) is 9.47 Å². The number of carbonyl (C=O) groups is 2. The number of nitrogens with zero attached hydrogens (tertiary/aromatic N) is 2.